The number of carbonyl (C=O) groups is 1. The van der Waals surface area contributed by atoms with Crippen molar-refractivity contribution in [2.45, 2.75) is 19.6 Å². The van der Waals surface area contributed by atoms with E-state index in [0.717, 1.165) is 23.4 Å². The fourth-order valence-electron chi connectivity index (χ4n) is 3.03. The summed E-state index contributed by atoms with van der Waals surface area (Å²) in [6.07, 6.45) is 0.728. The monoisotopic (exact) mass is 353 g/mol. The topological polar surface area (TPSA) is 80.6 Å². The van der Waals surface area contributed by atoms with Gasteiger partial charge in [0.15, 0.2) is 5.76 Å². The average Bonchev–Trinajstić information content (AvgIpc) is 3.29. The van der Waals surface area contributed by atoms with Gasteiger partial charge in [-0.1, -0.05) is 18.2 Å². The van der Waals surface area contributed by atoms with Crippen LogP contribution in [0.15, 0.2) is 46.9 Å². The van der Waals surface area contributed by atoms with Gasteiger partial charge in [-0.05, 0) is 18.2 Å². The molecule has 1 aliphatic rings. The number of hydrogen-bond donors (Lipinski definition) is 1. The van der Waals surface area contributed by atoms with Crippen LogP contribution in [0.2, 0.25) is 0 Å². The van der Waals surface area contributed by atoms with E-state index >= 15 is 0 Å². The van der Waals surface area contributed by atoms with Crippen LogP contribution in [-0.2, 0) is 24.3 Å². The van der Waals surface area contributed by atoms with Crippen LogP contribution < -0.4 is 4.74 Å². The molecule has 0 spiro atoms. The highest BCUT2D eigenvalue weighted by atomic mass is 16.6. The van der Waals surface area contributed by atoms with Crippen molar-refractivity contribution in [3.05, 3.63) is 65.2 Å². The van der Waals surface area contributed by atoms with Gasteiger partial charge in [-0.2, -0.15) is 5.10 Å². The Labute approximate surface area is 150 Å². The van der Waals surface area contributed by atoms with E-state index in [1.165, 1.54) is 0 Å². The second-order valence-corrected chi connectivity index (χ2v) is 6.07. The van der Waals surface area contributed by atoms with Crippen LogP contribution in [0.4, 0.5) is 0 Å². The Morgan fingerprint density at radius 1 is 1.27 bits per heavy atom. The number of benzene rings is 1. The predicted octanol–water partition coefficient (Wildman–Crippen LogP) is 3.14. The Morgan fingerprint density at radius 3 is 2.92 bits per heavy atom. The molecule has 1 N–H and O–H groups in total. The maximum Gasteiger partial charge on any atom is 0.290 e. The summed E-state index contributed by atoms with van der Waals surface area (Å²) in [5.41, 5.74) is 2.93. The SMILES string of the molecule is COCc1n[nH]c2c1CN(C(=O)c1ccc(Oc3ccccc3)o1)CC2. The summed E-state index contributed by atoms with van der Waals surface area (Å²) in [5.74, 6) is 1.05. The Hall–Kier alpha value is -3.06. The van der Waals surface area contributed by atoms with E-state index in [4.69, 9.17) is 13.9 Å². The molecular formula is C19H19N3O4. The van der Waals surface area contributed by atoms with Gasteiger partial charge >= 0.3 is 0 Å². The molecule has 0 fully saturated rings. The van der Waals surface area contributed by atoms with E-state index in [2.05, 4.69) is 10.2 Å². The molecular weight excluding hydrogens is 334 g/mol. The number of aromatic nitrogens is 2. The first-order valence-corrected chi connectivity index (χ1v) is 8.40. The van der Waals surface area contributed by atoms with E-state index in [1.807, 2.05) is 30.3 Å². The van der Waals surface area contributed by atoms with E-state index < -0.39 is 0 Å². The van der Waals surface area contributed by atoms with Crippen molar-refractivity contribution in [2.24, 2.45) is 0 Å². The standard InChI is InChI=1S/C19H19N3O4/c1-24-12-16-14-11-22(10-9-15(14)20-21-16)19(23)17-7-8-18(26-17)25-13-5-3-2-4-6-13/h2-8H,9-12H2,1H3,(H,20,21). The van der Waals surface area contributed by atoms with Crippen molar-refractivity contribution in [1.29, 1.82) is 0 Å². The van der Waals surface area contributed by atoms with Crippen LogP contribution in [0.3, 0.4) is 0 Å². The summed E-state index contributed by atoms with van der Waals surface area (Å²) < 4.78 is 16.4. The lowest BCUT2D eigenvalue weighted by molar-refractivity contribution is 0.0695. The van der Waals surface area contributed by atoms with Gasteiger partial charge in [-0.15, -0.1) is 0 Å². The molecule has 1 aliphatic heterocycles. The number of rotatable bonds is 5. The zero-order valence-corrected chi connectivity index (χ0v) is 14.4. The normalized spacial score (nSPS) is 13.5. The smallest absolute Gasteiger partial charge is 0.290 e. The van der Waals surface area contributed by atoms with E-state index in [-0.39, 0.29) is 11.7 Å². The number of carbonyl (C=O) groups excluding carboxylic acids is 1. The molecule has 0 unspecified atom stereocenters. The highest BCUT2D eigenvalue weighted by Gasteiger charge is 2.27. The van der Waals surface area contributed by atoms with Gasteiger partial charge in [0.05, 0.1) is 12.3 Å². The maximum atomic E-state index is 12.8. The fraction of sp³-hybridized carbons (Fsp3) is 0.263. The summed E-state index contributed by atoms with van der Waals surface area (Å²) >= 11 is 0. The minimum Gasteiger partial charge on any atom is -0.426 e. The van der Waals surface area contributed by atoms with Crippen molar-refractivity contribution < 1.29 is 18.7 Å². The molecule has 7 nitrogen and oxygen atoms in total. The summed E-state index contributed by atoms with van der Waals surface area (Å²) in [6.45, 7) is 1.51. The largest absolute Gasteiger partial charge is 0.426 e. The number of amides is 1. The van der Waals surface area contributed by atoms with Gasteiger partial charge in [0.25, 0.3) is 11.9 Å². The zero-order valence-electron chi connectivity index (χ0n) is 14.4. The molecule has 0 bridgehead atoms. The first-order chi connectivity index (χ1) is 12.7. The van der Waals surface area contributed by atoms with Crippen LogP contribution in [0.5, 0.6) is 11.7 Å². The minimum absolute atomic E-state index is 0.164. The summed E-state index contributed by atoms with van der Waals surface area (Å²) in [4.78, 5) is 14.5. The Bertz CT molecular complexity index is 901. The third-order valence-corrected chi connectivity index (χ3v) is 4.34. The predicted molar refractivity (Wildman–Crippen MR) is 93.0 cm³/mol. The van der Waals surface area contributed by atoms with E-state index in [0.29, 0.717) is 31.4 Å². The van der Waals surface area contributed by atoms with Crippen molar-refractivity contribution in [3.63, 3.8) is 0 Å². The molecule has 4 rings (SSSR count). The first kappa shape index (κ1) is 16.4. The number of para-hydroxylation sites is 1. The van der Waals surface area contributed by atoms with Crippen LogP contribution >= 0.6 is 0 Å². The number of fused-ring (bicyclic) bond motifs is 1. The lowest BCUT2D eigenvalue weighted by atomic mass is 10.1. The summed E-state index contributed by atoms with van der Waals surface area (Å²) in [7, 11) is 1.63. The third-order valence-electron chi connectivity index (χ3n) is 4.34. The first-order valence-electron chi connectivity index (χ1n) is 8.40. The zero-order chi connectivity index (χ0) is 17.9. The summed E-state index contributed by atoms with van der Waals surface area (Å²) in [5, 5.41) is 7.30. The molecule has 0 saturated carbocycles. The van der Waals surface area contributed by atoms with Crippen molar-refractivity contribution in [2.75, 3.05) is 13.7 Å². The number of ether oxygens (including phenoxy) is 2. The second kappa shape index (κ2) is 7.05. The van der Waals surface area contributed by atoms with Crippen LogP contribution in [0.25, 0.3) is 0 Å². The molecule has 134 valence electrons. The Morgan fingerprint density at radius 2 is 2.12 bits per heavy atom. The number of furan rings is 1. The number of H-pyrrole nitrogens is 1. The van der Waals surface area contributed by atoms with Gasteiger partial charge < -0.3 is 18.8 Å². The highest BCUT2D eigenvalue weighted by molar-refractivity contribution is 5.91. The molecule has 0 atom stereocenters. The molecule has 3 heterocycles. The molecule has 3 aromatic rings. The van der Waals surface area contributed by atoms with Crippen LogP contribution in [-0.4, -0.2) is 34.7 Å². The van der Waals surface area contributed by atoms with Crippen molar-refractivity contribution >= 4 is 5.91 Å². The van der Waals surface area contributed by atoms with Gasteiger partial charge in [0.1, 0.15) is 5.75 Å². The van der Waals surface area contributed by atoms with Gasteiger partial charge in [0.2, 0.25) is 0 Å². The quantitative estimate of drug-likeness (QED) is 0.762. The lowest BCUT2D eigenvalue weighted by Gasteiger charge is -2.26. The Balaban J connectivity index is 1.47. The number of nitrogens with zero attached hydrogens (tertiary/aromatic N) is 2. The maximum absolute atomic E-state index is 12.8. The third kappa shape index (κ3) is 3.21. The molecule has 1 amide bonds. The minimum atomic E-state index is -0.164. The van der Waals surface area contributed by atoms with Crippen LogP contribution in [0.1, 0.15) is 27.5 Å². The summed E-state index contributed by atoms with van der Waals surface area (Å²) in [6, 6.07) is 12.6. The van der Waals surface area contributed by atoms with Gasteiger partial charge in [0, 0.05) is 43.9 Å². The van der Waals surface area contributed by atoms with Crippen molar-refractivity contribution in [3.8, 4) is 11.7 Å². The van der Waals surface area contributed by atoms with Gasteiger partial charge in [-0.25, -0.2) is 0 Å². The molecule has 0 saturated heterocycles. The van der Waals surface area contributed by atoms with E-state index in [9.17, 15) is 4.79 Å². The molecule has 1 aromatic carbocycles. The lowest BCUT2D eigenvalue weighted by Crippen LogP contribution is -2.35. The number of aromatic amines is 1. The highest BCUT2D eigenvalue weighted by Crippen LogP contribution is 2.26. The number of hydrogen-bond acceptors (Lipinski definition) is 5. The molecule has 7 heteroatoms. The van der Waals surface area contributed by atoms with Crippen LogP contribution in [0, 0.1) is 0 Å². The Kier molecular flexibility index (Phi) is 4.45. The molecule has 0 aliphatic carbocycles. The fourth-order valence-corrected chi connectivity index (χ4v) is 3.03. The second-order valence-electron chi connectivity index (χ2n) is 6.07. The van der Waals surface area contributed by atoms with E-state index in [1.54, 1.807) is 24.1 Å². The number of methoxy groups -OCH3 is 1. The molecule has 26 heavy (non-hydrogen) atoms. The van der Waals surface area contributed by atoms with Crippen molar-refractivity contribution in [1.82, 2.24) is 15.1 Å². The van der Waals surface area contributed by atoms with Gasteiger partial charge in [-0.3, -0.25) is 9.89 Å². The number of nitrogens with one attached hydrogen (secondary N) is 1. The average molecular weight is 353 g/mol. The molecule has 0 radical (unpaired) electrons. The molecule has 2 aromatic heterocycles.